The second-order valence-electron chi connectivity index (χ2n) is 4.13. The van der Waals surface area contributed by atoms with E-state index in [1.165, 1.54) is 6.07 Å². The van der Waals surface area contributed by atoms with E-state index in [1.54, 1.807) is 18.2 Å². The zero-order valence-corrected chi connectivity index (χ0v) is 9.19. The average molecular weight is 233 g/mol. The van der Waals surface area contributed by atoms with Crippen LogP contribution in [0.15, 0.2) is 28.8 Å². The van der Waals surface area contributed by atoms with Crippen LogP contribution >= 0.6 is 0 Å². The van der Waals surface area contributed by atoms with Crippen molar-refractivity contribution in [3.8, 4) is 11.4 Å². The number of rotatable bonds is 2. The van der Waals surface area contributed by atoms with Crippen molar-refractivity contribution in [1.82, 2.24) is 15.5 Å². The molecule has 0 radical (unpaired) electrons. The fourth-order valence-corrected chi connectivity index (χ4v) is 2.02. The van der Waals surface area contributed by atoms with Crippen LogP contribution in [0.1, 0.15) is 18.2 Å². The molecule has 2 heterocycles. The van der Waals surface area contributed by atoms with Crippen molar-refractivity contribution >= 4 is 0 Å². The molecule has 2 aromatic rings. The minimum Gasteiger partial charge on any atom is -0.339 e. The van der Waals surface area contributed by atoms with Crippen LogP contribution in [-0.4, -0.2) is 23.2 Å². The molecule has 0 unspecified atom stereocenters. The molecule has 1 aromatic heterocycles. The summed E-state index contributed by atoms with van der Waals surface area (Å²) >= 11 is 0. The van der Waals surface area contributed by atoms with Gasteiger partial charge in [0.1, 0.15) is 5.82 Å². The molecule has 3 rings (SSSR count). The standard InChI is InChI=1S/C12H12FN3O/c13-10-4-2-1-3-9(10)11-15-12(17-16-11)8-5-6-14-7-8/h1-4,8,14H,5-7H2/t8-/m1/s1. The first-order valence-corrected chi connectivity index (χ1v) is 5.64. The van der Waals surface area contributed by atoms with Crippen molar-refractivity contribution in [2.24, 2.45) is 0 Å². The van der Waals surface area contributed by atoms with Crippen LogP contribution in [0.3, 0.4) is 0 Å². The molecular formula is C12H12FN3O. The van der Waals surface area contributed by atoms with Crippen molar-refractivity contribution in [1.29, 1.82) is 0 Å². The molecule has 1 fully saturated rings. The van der Waals surface area contributed by atoms with E-state index in [0.29, 0.717) is 17.3 Å². The summed E-state index contributed by atoms with van der Waals surface area (Å²) in [4.78, 5) is 4.27. The lowest BCUT2D eigenvalue weighted by Gasteiger charge is -1.98. The van der Waals surface area contributed by atoms with Gasteiger partial charge in [-0.3, -0.25) is 0 Å². The van der Waals surface area contributed by atoms with Crippen molar-refractivity contribution in [3.63, 3.8) is 0 Å². The van der Waals surface area contributed by atoms with Gasteiger partial charge in [-0.1, -0.05) is 17.3 Å². The molecule has 1 atom stereocenters. The van der Waals surface area contributed by atoms with Gasteiger partial charge in [0, 0.05) is 6.54 Å². The molecule has 0 amide bonds. The van der Waals surface area contributed by atoms with Crippen LogP contribution in [0.5, 0.6) is 0 Å². The summed E-state index contributed by atoms with van der Waals surface area (Å²) in [5.41, 5.74) is 0.383. The Labute approximate surface area is 97.8 Å². The first-order valence-electron chi connectivity index (χ1n) is 5.64. The van der Waals surface area contributed by atoms with Crippen LogP contribution in [0.2, 0.25) is 0 Å². The lowest BCUT2D eigenvalue weighted by molar-refractivity contribution is 0.359. The Morgan fingerprint density at radius 1 is 1.35 bits per heavy atom. The average Bonchev–Trinajstić information content (AvgIpc) is 3.00. The van der Waals surface area contributed by atoms with E-state index < -0.39 is 0 Å². The molecule has 1 N–H and O–H groups in total. The molecule has 1 aliphatic rings. The van der Waals surface area contributed by atoms with Gasteiger partial charge in [-0.05, 0) is 25.1 Å². The molecule has 1 aromatic carbocycles. The second-order valence-corrected chi connectivity index (χ2v) is 4.13. The van der Waals surface area contributed by atoms with E-state index in [9.17, 15) is 4.39 Å². The Hall–Kier alpha value is -1.75. The molecule has 0 aliphatic carbocycles. The van der Waals surface area contributed by atoms with E-state index in [0.717, 1.165) is 19.5 Å². The van der Waals surface area contributed by atoms with Crippen molar-refractivity contribution in [2.75, 3.05) is 13.1 Å². The first kappa shape index (κ1) is 10.4. The zero-order chi connectivity index (χ0) is 11.7. The van der Waals surface area contributed by atoms with Crippen molar-refractivity contribution in [2.45, 2.75) is 12.3 Å². The molecule has 1 saturated heterocycles. The number of hydrogen-bond acceptors (Lipinski definition) is 4. The van der Waals surface area contributed by atoms with E-state index in [1.807, 2.05) is 0 Å². The van der Waals surface area contributed by atoms with E-state index in [4.69, 9.17) is 4.52 Å². The SMILES string of the molecule is Fc1ccccc1-c1noc([C@@H]2CCNC2)n1. The van der Waals surface area contributed by atoms with Crippen molar-refractivity contribution in [3.05, 3.63) is 36.0 Å². The summed E-state index contributed by atoms with van der Waals surface area (Å²) in [6, 6.07) is 6.44. The molecule has 1 aliphatic heterocycles. The Bertz CT molecular complexity index is 520. The van der Waals surface area contributed by atoms with E-state index in [2.05, 4.69) is 15.5 Å². The van der Waals surface area contributed by atoms with E-state index >= 15 is 0 Å². The van der Waals surface area contributed by atoms with Gasteiger partial charge < -0.3 is 9.84 Å². The van der Waals surface area contributed by atoms with Gasteiger partial charge in [0.25, 0.3) is 0 Å². The summed E-state index contributed by atoms with van der Waals surface area (Å²) < 4.78 is 18.7. The topological polar surface area (TPSA) is 51.0 Å². The van der Waals surface area contributed by atoms with Gasteiger partial charge in [-0.15, -0.1) is 0 Å². The smallest absolute Gasteiger partial charge is 0.231 e. The lowest BCUT2D eigenvalue weighted by atomic mass is 10.1. The van der Waals surface area contributed by atoms with Crippen LogP contribution in [0.4, 0.5) is 4.39 Å². The Kier molecular flexibility index (Phi) is 2.60. The Balaban J connectivity index is 1.92. The maximum Gasteiger partial charge on any atom is 0.231 e. The fraction of sp³-hybridized carbons (Fsp3) is 0.333. The predicted molar refractivity (Wildman–Crippen MR) is 59.9 cm³/mol. The summed E-state index contributed by atoms with van der Waals surface area (Å²) in [6.45, 7) is 1.81. The number of benzene rings is 1. The highest BCUT2D eigenvalue weighted by atomic mass is 19.1. The normalized spacial score (nSPS) is 19.7. The number of nitrogens with one attached hydrogen (secondary N) is 1. The van der Waals surface area contributed by atoms with Crippen LogP contribution in [-0.2, 0) is 0 Å². The van der Waals surface area contributed by atoms with Crippen molar-refractivity contribution < 1.29 is 8.91 Å². The van der Waals surface area contributed by atoms with Crippen LogP contribution in [0, 0.1) is 5.82 Å². The lowest BCUT2D eigenvalue weighted by Crippen LogP contribution is -2.08. The molecule has 0 saturated carbocycles. The largest absolute Gasteiger partial charge is 0.339 e. The minimum atomic E-state index is -0.329. The fourth-order valence-electron chi connectivity index (χ4n) is 2.02. The number of nitrogens with zero attached hydrogens (tertiary/aromatic N) is 2. The quantitative estimate of drug-likeness (QED) is 0.861. The molecule has 0 bridgehead atoms. The maximum atomic E-state index is 13.5. The summed E-state index contributed by atoms with van der Waals surface area (Å²) in [6.07, 6.45) is 0.985. The molecular weight excluding hydrogens is 221 g/mol. The molecule has 17 heavy (non-hydrogen) atoms. The van der Waals surface area contributed by atoms with Gasteiger partial charge in [0.2, 0.25) is 11.7 Å². The predicted octanol–water partition coefficient (Wildman–Crippen LogP) is 1.95. The number of hydrogen-bond donors (Lipinski definition) is 1. The minimum absolute atomic E-state index is 0.253. The van der Waals surface area contributed by atoms with Crippen LogP contribution in [0.25, 0.3) is 11.4 Å². The van der Waals surface area contributed by atoms with Gasteiger partial charge in [0.05, 0.1) is 11.5 Å². The second kappa shape index (κ2) is 4.25. The third-order valence-corrected chi connectivity index (χ3v) is 2.97. The Morgan fingerprint density at radius 2 is 2.24 bits per heavy atom. The Morgan fingerprint density at radius 3 is 3.00 bits per heavy atom. The molecule has 5 heteroatoms. The third-order valence-electron chi connectivity index (χ3n) is 2.97. The maximum absolute atomic E-state index is 13.5. The first-order chi connectivity index (χ1) is 8.34. The highest BCUT2D eigenvalue weighted by Crippen LogP contribution is 2.24. The summed E-state index contributed by atoms with van der Waals surface area (Å²) in [5.74, 6) is 0.839. The van der Waals surface area contributed by atoms with Gasteiger partial charge in [-0.2, -0.15) is 4.98 Å². The summed E-state index contributed by atoms with van der Waals surface area (Å²) in [7, 11) is 0. The third kappa shape index (κ3) is 1.93. The molecule has 88 valence electrons. The highest BCUT2D eigenvalue weighted by molar-refractivity contribution is 5.54. The monoisotopic (exact) mass is 233 g/mol. The van der Waals surface area contributed by atoms with E-state index in [-0.39, 0.29) is 11.7 Å². The van der Waals surface area contributed by atoms with Crippen LogP contribution < -0.4 is 5.32 Å². The zero-order valence-electron chi connectivity index (χ0n) is 9.19. The highest BCUT2D eigenvalue weighted by Gasteiger charge is 2.23. The molecule has 0 spiro atoms. The number of aromatic nitrogens is 2. The van der Waals surface area contributed by atoms with Gasteiger partial charge in [-0.25, -0.2) is 4.39 Å². The van der Waals surface area contributed by atoms with Gasteiger partial charge >= 0.3 is 0 Å². The summed E-state index contributed by atoms with van der Waals surface area (Å²) in [5, 5.41) is 7.07. The van der Waals surface area contributed by atoms with Gasteiger partial charge in [0.15, 0.2) is 0 Å². The number of halogens is 1. The molecule has 4 nitrogen and oxygen atoms in total.